The van der Waals surface area contributed by atoms with Gasteiger partial charge in [0, 0.05) is 10.9 Å². The molecule has 0 spiro atoms. The minimum atomic E-state index is 0.216. The van der Waals surface area contributed by atoms with Crippen molar-refractivity contribution in [3.8, 4) is 28.5 Å². The van der Waals surface area contributed by atoms with Crippen LogP contribution >= 0.6 is 11.3 Å². The van der Waals surface area contributed by atoms with Crippen molar-refractivity contribution < 1.29 is 14.6 Å². The second-order valence-corrected chi connectivity index (χ2v) is 6.98. The average Bonchev–Trinajstić information content (AvgIpc) is 3.14. The van der Waals surface area contributed by atoms with Gasteiger partial charge in [-0.1, -0.05) is 6.08 Å². The Bertz CT molecular complexity index is 1100. The van der Waals surface area contributed by atoms with Crippen LogP contribution in [0.15, 0.2) is 70.6 Å². The summed E-state index contributed by atoms with van der Waals surface area (Å²) in [4.78, 5) is 5.31. The molecule has 3 aromatic rings. The van der Waals surface area contributed by atoms with Crippen LogP contribution in [-0.4, -0.2) is 36.3 Å². The van der Waals surface area contributed by atoms with Gasteiger partial charge in [-0.2, -0.15) is 5.10 Å². The van der Waals surface area contributed by atoms with Gasteiger partial charge in [0.25, 0.3) is 0 Å². The van der Waals surface area contributed by atoms with Gasteiger partial charge in [0.05, 0.1) is 32.2 Å². The molecule has 0 fully saturated rings. The zero-order valence-electron chi connectivity index (χ0n) is 16.6. The maximum atomic E-state index is 9.54. The van der Waals surface area contributed by atoms with E-state index in [-0.39, 0.29) is 5.75 Å². The quantitative estimate of drug-likeness (QED) is 0.467. The molecule has 0 aliphatic rings. The van der Waals surface area contributed by atoms with Crippen LogP contribution in [0.1, 0.15) is 12.5 Å². The molecule has 0 amide bonds. The second-order valence-electron chi connectivity index (χ2n) is 6.14. The Kier molecular flexibility index (Phi) is 6.51. The van der Waals surface area contributed by atoms with E-state index in [1.807, 2.05) is 42.6 Å². The van der Waals surface area contributed by atoms with Crippen molar-refractivity contribution >= 4 is 17.0 Å². The molecule has 1 N–H and O–H groups in total. The fourth-order valence-corrected chi connectivity index (χ4v) is 3.59. The van der Waals surface area contributed by atoms with Gasteiger partial charge < -0.3 is 14.6 Å². The molecule has 0 atom stereocenters. The lowest BCUT2D eigenvalue weighted by atomic mass is 10.1. The molecular formula is C22H23N3O3S. The summed E-state index contributed by atoms with van der Waals surface area (Å²) in [7, 11) is 3.27. The number of phenolic OH excluding ortho intramolecular Hbond substituents is 1. The first-order valence-corrected chi connectivity index (χ1v) is 9.84. The molecule has 0 unspecified atom stereocenters. The van der Waals surface area contributed by atoms with Crippen molar-refractivity contribution in [2.45, 2.75) is 6.92 Å². The second kappa shape index (κ2) is 9.25. The molecule has 0 radical (unpaired) electrons. The molecule has 6 nitrogen and oxygen atoms in total. The number of aromatic nitrogens is 1. The Morgan fingerprint density at radius 3 is 2.59 bits per heavy atom. The van der Waals surface area contributed by atoms with Crippen LogP contribution in [0.2, 0.25) is 0 Å². The Balaban J connectivity index is 2.20. The molecular weight excluding hydrogens is 386 g/mol. The van der Waals surface area contributed by atoms with E-state index in [0.29, 0.717) is 12.3 Å². The molecule has 0 bridgehead atoms. The van der Waals surface area contributed by atoms with E-state index in [1.165, 1.54) is 11.3 Å². The number of rotatable bonds is 7. The van der Waals surface area contributed by atoms with Gasteiger partial charge >= 0.3 is 0 Å². The van der Waals surface area contributed by atoms with E-state index in [0.717, 1.165) is 33.1 Å². The number of benzene rings is 2. The molecule has 1 heterocycles. The molecule has 1 aromatic heterocycles. The molecule has 0 aliphatic heterocycles. The number of methoxy groups -OCH3 is 2. The Hall–Kier alpha value is -3.32. The van der Waals surface area contributed by atoms with Crippen molar-refractivity contribution in [2.75, 3.05) is 20.8 Å². The number of hydrogen-bond acceptors (Lipinski definition) is 6. The van der Waals surface area contributed by atoms with Crippen molar-refractivity contribution in [3.63, 3.8) is 0 Å². The first kappa shape index (κ1) is 20.4. The molecule has 7 heteroatoms. The molecule has 150 valence electrons. The smallest absolute Gasteiger partial charge is 0.206 e. The monoisotopic (exact) mass is 409 g/mol. The predicted octanol–water partition coefficient (Wildman–Crippen LogP) is 4.30. The summed E-state index contributed by atoms with van der Waals surface area (Å²) in [6, 6.07) is 12.6. The van der Waals surface area contributed by atoms with Crippen molar-refractivity contribution in [1.82, 2.24) is 4.68 Å². The molecule has 3 rings (SSSR count). The van der Waals surface area contributed by atoms with Crippen LogP contribution < -0.4 is 14.3 Å². The van der Waals surface area contributed by atoms with E-state index in [1.54, 1.807) is 37.1 Å². The van der Waals surface area contributed by atoms with Gasteiger partial charge in [-0.3, -0.25) is 4.99 Å². The Morgan fingerprint density at radius 1 is 1.17 bits per heavy atom. The van der Waals surface area contributed by atoms with Crippen molar-refractivity contribution in [3.05, 3.63) is 70.9 Å². The van der Waals surface area contributed by atoms with Gasteiger partial charge in [0.1, 0.15) is 17.2 Å². The third-order valence-electron chi connectivity index (χ3n) is 4.26. The minimum Gasteiger partial charge on any atom is -0.508 e. The van der Waals surface area contributed by atoms with Crippen molar-refractivity contribution in [1.29, 1.82) is 0 Å². The SMILES string of the molecule is C=CCN=c1scc(-c2cc(OC)ccc2OC)n1N=C(C)c1ccc(O)cc1. The maximum absolute atomic E-state index is 9.54. The number of ether oxygens (including phenoxy) is 2. The predicted molar refractivity (Wildman–Crippen MR) is 117 cm³/mol. The van der Waals surface area contributed by atoms with Crippen LogP contribution in [0.25, 0.3) is 11.3 Å². The van der Waals surface area contributed by atoms with E-state index in [2.05, 4.69) is 11.6 Å². The number of thiazole rings is 1. The summed E-state index contributed by atoms with van der Waals surface area (Å²) in [6.07, 6.45) is 1.74. The number of phenols is 1. The van der Waals surface area contributed by atoms with Gasteiger partial charge in [-0.05, 0) is 55.0 Å². The summed E-state index contributed by atoms with van der Waals surface area (Å²) in [5, 5.41) is 16.4. The van der Waals surface area contributed by atoms with Gasteiger partial charge in [0.2, 0.25) is 4.80 Å². The average molecular weight is 410 g/mol. The van der Waals surface area contributed by atoms with Gasteiger partial charge in [0.15, 0.2) is 0 Å². The normalized spacial score (nSPS) is 12.1. The lowest BCUT2D eigenvalue weighted by molar-refractivity contribution is 0.404. The number of nitrogens with zero attached hydrogens (tertiary/aromatic N) is 3. The lowest BCUT2D eigenvalue weighted by Gasteiger charge is -2.11. The Morgan fingerprint density at radius 2 is 1.93 bits per heavy atom. The van der Waals surface area contributed by atoms with Gasteiger partial charge in [-0.15, -0.1) is 17.9 Å². The van der Waals surface area contributed by atoms with Crippen LogP contribution in [0.3, 0.4) is 0 Å². The molecule has 0 saturated carbocycles. The molecule has 0 aliphatic carbocycles. The number of hydrogen-bond donors (Lipinski definition) is 1. The molecule has 0 saturated heterocycles. The first-order valence-electron chi connectivity index (χ1n) is 8.96. The highest BCUT2D eigenvalue weighted by Crippen LogP contribution is 2.33. The summed E-state index contributed by atoms with van der Waals surface area (Å²) in [5.74, 6) is 1.65. The van der Waals surface area contributed by atoms with Crippen LogP contribution in [0.5, 0.6) is 17.2 Å². The highest BCUT2D eigenvalue weighted by molar-refractivity contribution is 7.07. The van der Waals surface area contributed by atoms with E-state index < -0.39 is 0 Å². The van der Waals surface area contributed by atoms with Crippen LogP contribution in [0.4, 0.5) is 0 Å². The van der Waals surface area contributed by atoms with E-state index in [9.17, 15) is 5.11 Å². The summed E-state index contributed by atoms with van der Waals surface area (Å²) < 4.78 is 12.8. The third kappa shape index (κ3) is 4.57. The maximum Gasteiger partial charge on any atom is 0.206 e. The Labute approximate surface area is 173 Å². The van der Waals surface area contributed by atoms with Crippen molar-refractivity contribution in [2.24, 2.45) is 10.1 Å². The number of aromatic hydroxyl groups is 1. The third-order valence-corrected chi connectivity index (χ3v) is 5.11. The minimum absolute atomic E-state index is 0.216. The summed E-state index contributed by atoms with van der Waals surface area (Å²) >= 11 is 1.49. The van der Waals surface area contributed by atoms with E-state index in [4.69, 9.17) is 14.6 Å². The zero-order valence-corrected chi connectivity index (χ0v) is 17.4. The van der Waals surface area contributed by atoms with Crippen LogP contribution in [-0.2, 0) is 0 Å². The van der Waals surface area contributed by atoms with E-state index >= 15 is 0 Å². The molecule has 29 heavy (non-hydrogen) atoms. The lowest BCUT2D eigenvalue weighted by Crippen LogP contribution is -2.14. The topological polar surface area (TPSA) is 68.3 Å². The fraction of sp³-hybridized carbons (Fsp3) is 0.182. The summed E-state index contributed by atoms with van der Waals surface area (Å²) in [6.45, 7) is 6.15. The fourth-order valence-electron chi connectivity index (χ4n) is 2.76. The first-order chi connectivity index (χ1) is 14.1. The molecule has 2 aromatic carbocycles. The zero-order chi connectivity index (χ0) is 20.8. The highest BCUT2D eigenvalue weighted by Gasteiger charge is 2.14. The standard InChI is InChI=1S/C22H23N3O3S/c1-5-12-23-22-25(24-15(2)16-6-8-17(26)9-7-16)20(14-29-22)19-13-18(27-3)10-11-21(19)28-4/h5-11,13-14,26H,1,12H2,2-4H3. The van der Waals surface area contributed by atoms with Crippen LogP contribution in [0, 0.1) is 0 Å². The highest BCUT2D eigenvalue weighted by atomic mass is 32.1. The largest absolute Gasteiger partial charge is 0.508 e. The van der Waals surface area contributed by atoms with Gasteiger partial charge in [-0.25, -0.2) is 4.68 Å². The summed E-state index contributed by atoms with van der Waals surface area (Å²) in [5.41, 5.74) is 3.38.